The molecule has 112 valence electrons. The van der Waals surface area contributed by atoms with Gasteiger partial charge in [-0.2, -0.15) is 0 Å². The first kappa shape index (κ1) is 16.5. The van der Waals surface area contributed by atoms with Gasteiger partial charge in [-0.15, -0.1) is 11.3 Å². The van der Waals surface area contributed by atoms with Gasteiger partial charge in [-0.05, 0) is 31.4 Å². The van der Waals surface area contributed by atoms with Crippen LogP contribution in [0.25, 0.3) is 0 Å². The molecule has 0 bridgehead atoms. The number of carboxylic acids is 1. The van der Waals surface area contributed by atoms with Crippen molar-refractivity contribution in [1.29, 1.82) is 0 Å². The number of nitrogens with zero attached hydrogens (tertiary/aromatic N) is 1. The lowest BCUT2D eigenvalue weighted by Gasteiger charge is -2.22. The molecule has 1 aromatic rings. The zero-order valence-corrected chi connectivity index (χ0v) is 13.2. The van der Waals surface area contributed by atoms with Crippen LogP contribution in [-0.2, 0) is 11.3 Å². The number of thiophene rings is 1. The van der Waals surface area contributed by atoms with E-state index in [-0.39, 0.29) is 18.5 Å². The van der Waals surface area contributed by atoms with Crippen LogP contribution in [0.1, 0.15) is 29.2 Å². The molecule has 0 radical (unpaired) electrons. The van der Waals surface area contributed by atoms with Crippen LogP contribution >= 0.6 is 11.3 Å². The molecule has 0 spiro atoms. The number of amides is 2. The van der Waals surface area contributed by atoms with Gasteiger partial charge in [-0.3, -0.25) is 4.79 Å². The quantitative estimate of drug-likeness (QED) is 0.848. The first-order valence-electron chi connectivity index (χ1n) is 6.60. The maximum atomic E-state index is 12.0. The lowest BCUT2D eigenvalue weighted by molar-refractivity contribution is -0.137. The van der Waals surface area contributed by atoms with Crippen molar-refractivity contribution in [2.75, 3.05) is 13.1 Å². The van der Waals surface area contributed by atoms with Gasteiger partial charge in [-0.25, -0.2) is 4.79 Å². The van der Waals surface area contributed by atoms with E-state index in [1.54, 1.807) is 11.3 Å². The molecule has 0 aliphatic heterocycles. The highest BCUT2D eigenvalue weighted by atomic mass is 32.1. The first-order chi connectivity index (χ1) is 9.29. The second-order valence-electron chi connectivity index (χ2n) is 5.28. The Morgan fingerprint density at radius 1 is 1.40 bits per heavy atom. The molecule has 5 nitrogen and oxygen atoms in total. The third kappa shape index (κ3) is 5.21. The number of hydrogen-bond acceptors (Lipinski definition) is 3. The van der Waals surface area contributed by atoms with Crippen molar-refractivity contribution in [3.8, 4) is 0 Å². The molecule has 0 saturated heterocycles. The summed E-state index contributed by atoms with van der Waals surface area (Å²) in [5.74, 6) is -0.769. The second-order valence-corrected chi connectivity index (χ2v) is 6.62. The minimum absolute atomic E-state index is 0.228. The van der Waals surface area contributed by atoms with Crippen LogP contribution in [-0.4, -0.2) is 35.1 Å². The number of carbonyl (C=O) groups is 2. The van der Waals surface area contributed by atoms with Crippen LogP contribution in [0.2, 0.25) is 0 Å². The number of nitrogens with one attached hydrogen (secondary N) is 1. The summed E-state index contributed by atoms with van der Waals surface area (Å²) in [4.78, 5) is 26.5. The molecule has 20 heavy (non-hydrogen) atoms. The molecule has 0 unspecified atom stereocenters. The van der Waals surface area contributed by atoms with E-state index in [1.807, 2.05) is 33.8 Å². The van der Waals surface area contributed by atoms with Gasteiger partial charge in [0.05, 0.1) is 6.54 Å². The van der Waals surface area contributed by atoms with Crippen molar-refractivity contribution in [3.63, 3.8) is 0 Å². The highest BCUT2D eigenvalue weighted by Gasteiger charge is 2.17. The van der Waals surface area contributed by atoms with E-state index in [0.717, 1.165) is 4.88 Å². The summed E-state index contributed by atoms with van der Waals surface area (Å²) >= 11 is 1.65. The molecule has 0 aliphatic carbocycles. The number of rotatable bonds is 6. The van der Waals surface area contributed by atoms with Crippen molar-refractivity contribution in [3.05, 3.63) is 21.4 Å². The summed E-state index contributed by atoms with van der Waals surface area (Å²) in [5.41, 5.74) is 1.21. The predicted molar refractivity (Wildman–Crippen MR) is 80.1 cm³/mol. The lowest BCUT2D eigenvalue weighted by atomic mass is 10.2. The normalized spacial score (nSPS) is 10.7. The van der Waals surface area contributed by atoms with E-state index in [9.17, 15) is 9.59 Å². The van der Waals surface area contributed by atoms with E-state index < -0.39 is 5.97 Å². The van der Waals surface area contributed by atoms with Gasteiger partial charge in [0.1, 0.15) is 6.54 Å². The highest BCUT2D eigenvalue weighted by Crippen LogP contribution is 2.20. The van der Waals surface area contributed by atoms with Crippen LogP contribution in [0, 0.1) is 19.8 Å². The average Bonchev–Trinajstić information content (AvgIpc) is 2.64. The fraction of sp³-hybridized carbons (Fsp3) is 0.571. The van der Waals surface area contributed by atoms with E-state index in [4.69, 9.17) is 5.11 Å². The molecule has 2 amide bonds. The minimum atomic E-state index is -0.997. The Kier molecular flexibility index (Phi) is 6.01. The van der Waals surface area contributed by atoms with Crippen molar-refractivity contribution >= 4 is 23.3 Å². The van der Waals surface area contributed by atoms with Gasteiger partial charge in [0.2, 0.25) is 0 Å². The summed E-state index contributed by atoms with van der Waals surface area (Å²) in [5, 5.41) is 11.6. The molecule has 2 N–H and O–H groups in total. The summed E-state index contributed by atoms with van der Waals surface area (Å²) in [6.07, 6.45) is 0. The van der Waals surface area contributed by atoms with Crippen molar-refractivity contribution in [2.24, 2.45) is 5.92 Å². The van der Waals surface area contributed by atoms with E-state index in [1.165, 1.54) is 15.3 Å². The van der Waals surface area contributed by atoms with Gasteiger partial charge < -0.3 is 15.3 Å². The average molecular weight is 298 g/mol. The largest absolute Gasteiger partial charge is 0.480 e. The zero-order valence-electron chi connectivity index (χ0n) is 12.4. The lowest BCUT2D eigenvalue weighted by Crippen LogP contribution is -2.44. The number of aryl methyl sites for hydroxylation is 2. The molecule has 1 heterocycles. The Labute approximate surface area is 123 Å². The van der Waals surface area contributed by atoms with Crippen molar-refractivity contribution in [1.82, 2.24) is 10.2 Å². The molecule has 1 aromatic heterocycles. The fourth-order valence-electron chi connectivity index (χ4n) is 1.83. The SMILES string of the molecule is Cc1cc(CNC(=O)N(CC(=O)O)CC(C)C)sc1C. The number of hydrogen-bond donors (Lipinski definition) is 2. The molecular weight excluding hydrogens is 276 g/mol. The molecule has 1 rings (SSSR count). The smallest absolute Gasteiger partial charge is 0.323 e. The Morgan fingerprint density at radius 2 is 2.05 bits per heavy atom. The topological polar surface area (TPSA) is 69.6 Å². The minimum Gasteiger partial charge on any atom is -0.480 e. The van der Waals surface area contributed by atoms with Crippen LogP contribution in [0.3, 0.4) is 0 Å². The molecule has 0 saturated carbocycles. The van der Waals surface area contributed by atoms with E-state index >= 15 is 0 Å². The maximum Gasteiger partial charge on any atom is 0.323 e. The van der Waals surface area contributed by atoms with Crippen LogP contribution in [0.15, 0.2) is 6.07 Å². The van der Waals surface area contributed by atoms with Crippen LogP contribution in [0.4, 0.5) is 4.79 Å². The summed E-state index contributed by atoms with van der Waals surface area (Å²) in [6.45, 7) is 8.58. The van der Waals surface area contributed by atoms with Crippen LogP contribution in [0.5, 0.6) is 0 Å². The second kappa shape index (κ2) is 7.28. The fourth-order valence-corrected chi connectivity index (χ4v) is 2.83. The number of aliphatic carboxylic acids is 1. The van der Waals surface area contributed by atoms with E-state index in [0.29, 0.717) is 13.1 Å². The van der Waals surface area contributed by atoms with Crippen LogP contribution < -0.4 is 5.32 Å². The summed E-state index contributed by atoms with van der Waals surface area (Å²) in [6, 6.07) is 1.72. The standard InChI is InChI=1S/C14H22N2O3S/c1-9(2)7-16(8-13(17)18)14(19)15-6-12-5-10(3)11(4)20-12/h5,9H,6-8H2,1-4H3,(H,15,19)(H,17,18). The molecule has 0 fully saturated rings. The molecule has 0 atom stereocenters. The Morgan fingerprint density at radius 3 is 2.50 bits per heavy atom. The van der Waals surface area contributed by atoms with Gasteiger partial charge in [-0.1, -0.05) is 13.8 Å². The molecule has 6 heteroatoms. The first-order valence-corrected chi connectivity index (χ1v) is 7.41. The van der Waals surface area contributed by atoms with Gasteiger partial charge in [0.15, 0.2) is 0 Å². The maximum absolute atomic E-state index is 12.0. The Balaban J connectivity index is 2.58. The highest BCUT2D eigenvalue weighted by molar-refractivity contribution is 7.12. The zero-order chi connectivity index (χ0) is 15.3. The number of carbonyl (C=O) groups excluding carboxylic acids is 1. The monoisotopic (exact) mass is 298 g/mol. The van der Waals surface area contributed by atoms with E-state index in [2.05, 4.69) is 5.32 Å². The number of carboxylic acid groups (broad SMARTS) is 1. The Bertz CT molecular complexity index is 463. The molecule has 0 aromatic carbocycles. The third-order valence-corrected chi connectivity index (χ3v) is 3.98. The van der Waals surface area contributed by atoms with Gasteiger partial charge in [0.25, 0.3) is 0 Å². The summed E-state index contributed by atoms with van der Waals surface area (Å²) < 4.78 is 0. The van der Waals surface area contributed by atoms with Gasteiger partial charge in [0, 0.05) is 16.3 Å². The van der Waals surface area contributed by atoms with Crippen molar-refractivity contribution in [2.45, 2.75) is 34.2 Å². The van der Waals surface area contributed by atoms with Gasteiger partial charge >= 0.3 is 12.0 Å². The summed E-state index contributed by atoms with van der Waals surface area (Å²) in [7, 11) is 0. The predicted octanol–water partition coefficient (Wildman–Crippen LogP) is 2.62. The van der Waals surface area contributed by atoms with Crippen molar-refractivity contribution < 1.29 is 14.7 Å². The molecule has 0 aliphatic rings. The molecular formula is C14H22N2O3S. The Hall–Kier alpha value is -1.56. The third-order valence-electron chi connectivity index (χ3n) is 2.83. The number of urea groups is 1.